The highest BCUT2D eigenvalue weighted by Gasteiger charge is 2.39. The summed E-state index contributed by atoms with van der Waals surface area (Å²) < 4.78 is 0. The van der Waals surface area contributed by atoms with E-state index in [2.05, 4.69) is 19.2 Å². The second-order valence-electron chi connectivity index (χ2n) is 6.32. The summed E-state index contributed by atoms with van der Waals surface area (Å²) in [5, 5.41) is 3.03. The van der Waals surface area contributed by atoms with Crippen molar-refractivity contribution in [2.75, 3.05) is 13.1 Å². The van der Waals surface area contributed by atoms with Crippen LogP contribution >= 0.6 is 0 Å². The number of piperidine rings is 1. The van der Waals surface area contributed by atoms with E-state index < -0.39 is 0 Å². The summed E-state index contributed by atoms with van der Waals surface area (Å²) in [7, 11) is 0. The maximum Gasteiger partial charge on any atom is 0.225 e. The summed E-state index contributed by atoms with van der Waals surface area (Å²) in [5.41, 5.74) is 1.04. The fourth-order valence-electron chi connectivity index (χ4n) is 3.10. The lowest BCUT2D eigenvalue weighted by Gasteiger charge is -2.40. The maximum absolute atomic E-state index is 12.6. The molecular formula is C18H26N2O2. The third-order valence-electron chi connectivity index (χ3n) is 4.21. The molecule has 0 bridgehead atoms. The van der Waals surface area contributed by atoms with Crippen molar-refractivity contribution in [3.8, 4) is 0 Å². The predicted octanol–water partition coefficient (Wildman–Crippen LogP) is 2.76. The fraction of sp³-hybridized carbons (Fsp3) is 0.556. The average Bonchev–Trinajstić information content (AvgIpc) is 2.53. The monoisotopic (exact) mass is 302 g/mol. The van der Waals surface area contributed by atoms with Gasteiger partial charge < -0.3 is 10.2 Å². The molecule has 0 unspecified atom stereocenters. The van der Waals surface area contributed by atoms with E-state index >= 15 is 0 Å². The Hall–Kier alpha value is -1.84. The molecule has 1 aromatic carbocycles. The number of carbonyl (C=O) groups is 2. The van der Waals surface area contributed by atoms with Crippen LogP contribution in [0.1, 0.15) is 45.2 Å². The smallest absolute Gasteiger partial charge is 0.225 e. The van der Waals surface area contributed by atoms with Crippen LogP contribution in [0.15, 0.2) is 30.3 Å². The van der Waals surface area contributed by atoms with E-state index in [-0.39, 0.29) is 23.8 Å². The van der Waals surface area contributed by atoms with Crippen LogP contribution in [0.5, 0.6) is 0 Å². The van der Waals surface area contributed by atoms with Gasteiger partial charge in [-0.2, -0.15) is 0 Å². The van der Waals surface area contributed by atoms with E-state index in [1.54, 1.807) is 0 Å². The maximum atomic E-state index is 12.6. The summed E-state index contributed by atoms with van der Waals surface area (Å²) in [5.74, 6) is 0.461. The van der Waals surface area contributed by atoms with Gasteiger partial charge in [0.2, 0.25) is 11.8 Å². The minimum Gasteiger partial charge on any atom is -0.356 e. The van der Waals surface area contributed by atoms with Crippen molar-refractivity contribution in [3.63, 3.8) is 0 Å². The average molecular weight is 302 g/mol. The van der Waals surface area contributed by atoms with Crippen LogP contribution in [0.2, 0.25) is 0 Å². The largest absolute Gasteiger partial charge is 0.356 e. The summed E-state index contributed by atoms with van der Waals surface area (Å²) in [4.78, 5) is 26.7. The lowest BCUT2D eigenvalue weighted by Crippen LogP contribution is -2.48. The summed E-state index contributed by atoms with van der Waals surface area (Å²) in [6.07, 6.45) is 1.08. The van der Waals surface area contributed by atoms with E-state index in [1.807, 2.05) is 42.2 Å². The van der Waals surface area contributed by atoms with E-state index in [9.17, 15) is 9.59 Å². The molecule has 1 aliphatic rings. The Morgan fingerprint density at radius 3 is 2.59 bits per heavy atom. The van der Waals surface area contributed by atoms with E-state index in [4.69, 9.17) is 0 Å². The third-order valence-corrected chi connectivity index (χ3v) is 4.21. The number of nitrogens with one attached hydrogen (secondary N) is 1. The van der Waals surface area contributed by atoms with Gasteiger partial charge in [0.1, 0.15) is 0 Å². The lowest BCUT2D eigenvalue weighted by atomic mass is 9.83. The fourth-order valence-corrected chi connectivity index (χ4v) is 3.10. The van der Waals surface area contributed by atoms with Crippen LogP contribution in [0.4, 0.5) is 0 Å². The first kappa shape index (κ1) is 16.5. The van der Waals surface area contributed by atoms with Gasteiger partial charge in [-0.15, -0.1) is 0 Å². The number of rotatable bonds is 5. The van der Waals surface area contributed by atoms with Crippen molar-refractivity contribution in [3.05, 3.63) is 35.9 Å². The molecule has 120 valence electrons. The third kappa shape index (κ3) is 3.67. The number of amides is 2. The number of nitrogens with zero attached hydrogens (tertiary/aromatic N) is 1. The molecule has 2 amide bonds. The summed E-state index contributed by atoms with van der Waals surface area (Å²) >= 11 is 0. The van der Waals surface area contributed by atoms with Crippen molar-refractivity contribution in [2.24, 2.45) is 11.8 Å². The van der Waals surface area contributed by atoms with Gasteiger partial charge in [0.15, 0.2) is 0 Å². The molecule has 1 N–H and O–H groups in total. The molecule has 4 heteroatoms. The molecular weight excluding hydrogens is 276 g/mol. The van der Waals surface area contributed by atoms with Gasteiger partial charge in [-0.25, -0.2) is 0 Å². The molecule has 1 aromatic rings. The molecule has 0 saturated carbocycles. The Labute approximate surface area is 132 Å². The molecule has 0 aliphatic carbocycles. The van der Waals surface area contributed by atoms with Crippen LogP contribution in [-0.2, 0) is 9.59 Å². The first-order chi connectivity index (χ1) is 10.5. The van der Waals surface area contributed by atoms with Gasteiger partial charge in [-0.05, 0) is 24.8 Å². The summed E-state index contributed by atoms with van der Waals surface area (Å²) in [6.45, 7) is 7.45. The van der Waals surface area contributed by atoms with Gasteiger partial charge in [-0.3, -0.25) is 9.59 Å². The van der Waals surface area contributed by atoms with Crippen molar-refractivity contribution in [1.29, 1.82) is 0 Å². The molecule has 0 aromatic heterocycles. The van der Waals surface area contributed by atoms with Crippen molar-refractivity contribution in [2.45, 2.75) is 39.7 Å². The molecule has 1 fully saturated rings. The molecule has 2 rings (SSSR count). The highest BCUT2D eigenvalue weighted by molar-refractivity contribution is 5.85. The normalized spacial score (nSPS) is 22.0. The first-order valence-electron chi connectivity index (χ1n) is 8.16. The van der Waals surface area contributed by atoms with E-state index in [0.717, 1.165) is 5.56 Å². The number of carbonyl (C=O) groups excluding carboxylic acids is 2. The molecule has 1 saturated heterocycles. The lowest BCUT2D eigenvalue weighted by molar-refractivity contribution is -0.143. The molecule has 2 atom stereocenters. The van der Waals surface area contributed by atoms with Gasteiger partial charge in [0.25, 0.3) is 0 Å². The number of hydrogen-bond donors (Lipinski definition) is 1. The second kappa shape index (κ2) is 7.43. The Morgan fingerprint density at radius 1 is 1.32 bits per heavy atom. The zero-order valence-electron chi connectivity index (χ0n) is 13.7. The minimum atomic E-state index is -0.168. The SMILES string of the molecule is CCN1C(=O)CC[C@@H](C(=O)NCC(C)C)[C@@H]1c1ccccc1. The topological polar surface area (TPSA) is 49.4 Å². The zero-order chi connectivity index (χ0) is 16.1. The Kier molecular flexibility index (Phi) is 5.58. The van der Waals surface area contributed by atoms with Gasteiger partial charge in [0, 0.05) is 19.5 Å². The molecule has 0 spiro atoms. The van der Waals surface area contributed by atoms with E-state index in [1.165, 1.54) is 0 Å². The van der Waals surface area contributed by atoms with Crippen LogP contribution in [0, 0.1) is 11.8 Å². The van der Waals surface area contributed by atoms with Crippen molar-refractivity contribution >= 4 is 11.8 Å². The molecule has 1 aliphatic heterocycles. The molecule has 1 heterocycles. The van der Waals surface area contributed by atoms with Crippen LogP contribution in [0.3, 0.4) is 0 Å². The highest BCUT2D eigenvalue weighted by Crippen LogP contribution is 2.36. The first-order valence-corrected chi connectivity index (χ1v) is 8.16. The van der Waals surface area contributed by atoms with E-state index in [0.29, 0.717) is 31.8 Å². The second-order valence-corrected chi connectivity index (χ2v) is 6.32. The van der Waals surface area contributed by atoms with Gasteiger partial charge in [-0.1, -0.05) is 44.2 Å². The Morgan fingerprint density at radius 2 is 2.00 bits per heavy atom. The number of hydrogen-bond acceptors (Lipinski definition) is 2. The van der Waals surface area contributed by atoms with Crippen LogP contribution in [0.25, 0.3) is 0 Å². The molecule has 4 nitrogen and oxygen atoms in total. The van der Waals surface area contributed by atoms with Gasteiger partial charge >= 0.3 is 0 Å². The molecule has 0 radical (unpaired) electrons. The minimum absolute atomic E-state index is 0.0634. The van der Waals surface area contributed by atoms with Crippen molar-refractivity contribution in [1.82, 2.24) is 10.2 Å². The van der Waals surface area contributed by atoms with Crippen LogP contribution < -0.4 is 5.32 Å². The predicted molar refractivity (Wildman–Crippen MR) is 87.1 cm³/mol. The quantitative estimate of drug-likeness (QED) is 0.909. The van der Waals surface area contributed by atoms with Crippen LogP contribution in [-0.4, -0.2) is 29.8 Å². The number of likely N-dealkylation sites (tertiary alicyclic amines) is 1. The standard InChI is InChI=1S/C18H26N2O2/c1-4-20-16(21)11-10-15(18(22)19-12-13(2)3)17(20)14-8-6-5-7-9-14/h5-9,13,15,17H,4,10-12H2,1-3H3,(H,19,22)/t15-,17+/m1/s1. The zero-order valence-corrected chi connectivity index (χ0v) is 13.7. The number of benzene rings is 1. The Balaban J connectivity index is 2.26. The Bertz CT molecular complexity index is 513. The van der Waals surface area contributed by atoms with Gasteiger partial charge in [0.05, 0.1) is 12.0 Å². The molecule has 22 heavy (non-hydrogen) atoms. The van der Waals surface area contributed by atoms with Crippen molar-refractivity contribution < 1.29 is 9.59 Å². The summed E-state index contributed by atoms with van der Waals surface area (Å²) in [6, 6.07) is 9.75. The highest BCUT2D eigenvalue weighted by atomic mass is 16.2.